The van der Waals surface area contributed by atoms with Gasteiger partial charge in [0.05, 0.1) is 0 Å². The fourth-order valence-corrected chi connectivity index (χ4v) is 0.534. The fraction of sp³-hybridized carbons (Fsp3) is 0. The fourth-order valence-electron chi connectivity index (χ4n) is 0.534. The van der Waals surface area contributed by atoms with Gasteiger partial charge in [0.2, 0.25) is 0 Å². The van der Waals surface area contributed by atoms with Gasteiger partial charge in [-0.15, -0.1) is 6.42 Å². The molecule has 1 aromatic carbocycles. The molecule has 0 aromatic heterocycles. The van der Waals surface area contributed by atoms with E-state index in [1.54, 1.807) is 0 Å². The van der Waals surface area contributed by atoms with Crippen LogP contribution in [0, 0.1) is 52.2 Å². The van der Waals surface area contributed by atoms with E-state index in [0.717, 1.165) is 5.56 Å². The van der Waals surface area contributed by atoms with E-state index in [4.69, 9.17) is 34.3 Å². The minimum absolute atomic E-state index is 0. The van der Waals surface area contributed by atoms with Gasteiger partial charge in [-0.3, -0.25) is 0 Å². The summed E-state index contributed by atoms with van der Waals surface area (Å²) in [6.45, 7) is 27.0. The van der Waals surface area contributed by atoms with Crippen molar-refractivity contribution in [2.75, 3.05) is 0 Å². The predicted molar refractivity (Wildman–Crippen MR) is 58.0 cm³/mol. The maximum Gasteiger partial charge on any atom is 0 e. The standard InChI is InChI=1S/C8H6.6CO.2Co/c1-2-8-6-4-3-5-7-8;6*1-2;;/h1,3-7H;;;;;;;;. The van der Waals surface area contributed by atoms with Gasteiger partial charge in [-0.25, -0.2) is 0 Å². The molecule has 0 saturated heterocycles. The van der Waals surface area contributed by atoms with E-state index in [1.165, 1.54) is 0 Å². The van der Waals surface area contributed by atoms with Crippen molar-refractivity contribution in [3.8, 4) is 12.3 Å². The van der Waals surface area contributed by atoms with Crippen LogP contribution in [-0.4, -0.2) is 0 Å². The van der Waals surface area contributed by atoms with Gasteiger partial charge in [0.15, 0.2) is 0 Å². The van der Waals surface area contributed by atoms with Crippen molar-refractivity contribution in [3.05, 3.63) is 75.8 Å². The zero-order chi connectivity index (χ0) is 17.8. The first-order valence-electron chi connectivity index (χ1n) is 3.67. The molecule has 6 nitrogen and oxygen atoms in total. The monoisotopic (exact) mass is 388 g/mol. The van der Waals surface area contributed by atoms with Crippen molar-refractivity contribution in [3.63, 3.8) is 0 Å². The summed E-state index contributed by atoms with van der Waals surface area (Å²) < 4.78 is 45.0. The molecule has 22 heavy (non-hydrogen) atoms. The minimum Gasteiger partial charge on any atom is 0 e. The first kappa shape index (κ1) is 50.0. The van der Waals surface area contributed by atoms with Crippen LogP contribution >= 0.6 is 0 Å². The summed E-state index contributed by atoms with van der Waals surface area (Å²) in [6.07, 6.45) is 5.10. The molecule has 0 amide bonds. The molecule has 0 bridgehead atoms. The van der Waals surface area contributed by atoms with Crippen molar-refractivity contribution in [1.29, 1.82) is 0 Å². The molecule has 1 rings (SSSR count). The number of terminal acetylenes is 1. The zero-order valence-corrected chi connectivity index (χ0v) is 12.7. The summed E-state index contributed by atoms with van der Waals surface area (Å²) in [5.74, 6) is 2.53. The van der Waals surface area contributed by atoms with E-state index < -0.39 is 0 Å². The molecule has 0 atom stereocenters. The third-order valence-electron chi connectivity index (χ3n) is 0.940. The summed E-state index contributed by atoms with van der Waals surface area (Å²) >= 11 is 0. The predicted octanol–water partition coefficient (Wildman–Crippen LogP) is 1.44. The molecule has 0 aliphatic carbocycles. The van der Waals surface area contributed by atoms with Crippen LogP contribution in [-0.2, 0) is 61.5 Å². The number of benzene rings is 1. The quantitative estimate of drug-likeness (QED) is 0.363. The van der Waals surface area contributed by atoms with Crippen LogP contribution in [0.3, 0.4) is 0 Å². The third kappa shape index (κ3) is 79.9. The number of hydrogen-bond donors (Lipinski definition) is 0. The SMILES string of the molecule is C#Cc1ccccc1.[C-]#[O+].[C-]#[O+].[C-]#[O+].[C-]#[O+].[C-]#[O+].[C-]#[O+].[Co].[Co]. The van der Waals surface area contributed by atoms with Crippen molar-refractivity contribution in [2.45, 2.75) is 0 Å². The van der Waals surface area contributed by atoms with Gasteiger partial charge in [0, 0.05) is 39.1 Å². The Morgan fingerprint density at radius 1 is 0.591 bits per heavy atom. The Labute approximate surface area is 149 Å². The minimum atomic E-state index is 0. The summed E-state index contributed by atoms with van der Waals surface area (Å²) in [5, 5.41) is 0. The normalized spacial score (nSPS) is 3.41. The Morgan fingerprint density at radius 3 is 0.955 bits per heavy atom. The second-order valence-corrected chi connectivity index (χ2v) is 1.51. The Bertz CT molecular complexity index is 377. The van der Waals surface area contributed by atoms with Crippen LogP contribution in [0.2, 0.25) is 0 Å². The van der Waals surface area contributed by atoms with E-state index in [-0.39, 0.29) is 33.6 Å². The number of rotatable bonds is 0. The van der Waals surface area contributed by atoms with Gasteiger partial charge >= 0.3 is 67.8 Å². The zero-order valence-electron chi connectivity index (χ0n) is 10.6. The van der Waals surface area contributed by atoms with Crippen LogP contribution in [0.4, 0.5) is 0 Å². The summed E-state index contributed by atoms with van der Waals surface area (Å²) in [7, 11) is 0. The molecule has 2 radical (unpaired) electrons. The molecule has 0 aliphatic rings. The van der Waals surface area contributed by atoms with Crippen molar-refractivity contribution in [1.82, 2.24) is 0 Å². The number of hydrogen-bond acceptors (Lipinski definition) is 0. The van der Waals surface area contributed by atoms with Gasteiger partial charge in [-0.1, -0.05) is 24.1 Å². The van der Waals surface area contributed by atoms with Crippen LogP contribution in [0.1, 0.15) is 5.56 Å². The molecule has 0 N–H and O–H groups in total. The van der Waals surface area contributed by atoms with Crippen molar-refractivity contribution >= 4 is 0 Å². The summed E-state index contributed by atoms with van der Waals surface area (Å²) in [6, 6.07) is 9.60. The Balaban J connectivity index is -0.0000000203. The first-order chi connectivity index (χ1) is 9.93. The molecule has 0 saturated carbocycles. The van der Waals surface area contributed by atoms with Crippen LogP contribution < -0.4 is 0 Å². The average molecular weight is 388 g/mol. The second-order valence-electron chi connectivity index (χ2n) is 1.51. The van der Waals surface area contributed by atoms with Gasteiger partial charge < -0.3 is 0 Å². The topological polar surface area (TPSA) is 119 Å². The largest absolute Gasteiger partial charge is 0 e. The van der Waals surface area contributed by atoms with E-state index in [1.807, 2.05) is 30.3 Å². The van der Waals surface area contributed by atoms with Gasteiger partial charge in [0.1, 0.15) is 0 Å². The Morgan fingerprint density at radius 2 is 0.818 bits per heavy atom. The molecule has 0 aliphatic heterocycles. The maximum atomic E-state index is 7.50. The van der Waals surface area contributed by atoms with Gasteiger partial charge in [0.25, 0.3) is 0 Å². The van der Waals surface area contributed by atoms with Gasteiger partial charge in [-0.05, 0) is 12.1 Å². The average Bonchev–Trinajstić information content (AvgIpc) is 2.66. The molecule has 0 spiro atoms. The van der Waals surface area contributed by atoms with Crippen molar-refractivity contribution < 1.29 is 61.5 Å². The second kappa shape index (κ2) is 122. The van der Waals surface area contributed by atoms with Crippen LogP contribution in [0.25, 0.3) is 0 Å². The summed E-state index contributed by atoms with van der Waals surface area (Å²) in [5.41, 5.74) is 0.938. The van der Waals surface area contributed by atoms with Gasteiger partial charge in [-0.2, -0.15) is 0 Å². The molecular formula is C14H6Co2O6. The van der Waals surface area contributed by atoms with E-state index >= 15 is 0 Å². The van der Waals surface area contributed by atoms with Crippen LogP contribution in [0.15, 0.2) is 30.3 Å². The molecule has 1 aromatic rings. The Kier molecular flexibility index (Phi) is 278. The van der Waals surface area contributed by atoms with E-state index in [0.29, 0.717) is 0 Å². The molecule has 116 valence electrons. The van der Waals surface area contributed by atoms with Crippen molar-refractivity contribution in [2.24, 2.45) is 0 Å². The maximum absolute atomic E-state index is 7.50. The van der Waals surface area contributed by atoms with E-state index in [9.17, 15) is 0 Å². The third-order valence-corrected chi connectivity index (χ3v) is 0.940. The Hall–Kier alpha value is -1.77. The molecule has 8 heteroatoms. The molecular weight excluding hydrogens is 382 g/mol. The molecule has 0 unspecified atom stereocenters. The smallest absolute Gasteiger partial charge is 0 e. The van der Waals surface area contributed by atoms with E-state index in [2.05, 4.69) is 45.8 Å². The first-order valence-corrected chi connectivity index (χ1v) is 3.67. The molecule has 0 fully saturated rings. The van der Waals surface area contributed by atoms with Crippen LogP contribution in [0.5, 0.6) is 0 Å². The molecule has 0 heterocycles. The summed E-state index contributed by atoms with van der Waals surface area (Å²) in [4.78, 5) is 0.